The standard InChI is InChI=1S/C22H22BrN3O2S/c1-13-18(20(28)25-17-11-9-16(23)10-12-17)29-21(24-13)26-19(27)14-5-7-15(8-6-14)22(2,3)4/h5-12H,1-4H3,(H,25,28)(H,24,26,27). The zero-order valence-corrected chi connectivity index (χ0v) is 19.1. The molecule has 0 spiro atoms. The van der Waals surface area contributed by atoms with Gasteiger partial charge in [0.05, 0.1) is 5.69 Å². The van der Waals surface area contributed by atoms with Crippen molar-refractivity contribution in [2.75, 3.05) is 10.6 Å². The van der Waals surface area contributed by atoms with Gasteiger partial charge in [-0.1, -0.05) is 60.2 Å². The average molecular weight is 472 g/mol. The second kappa shape index (κ2) is 8.47. The van der Waals surface area contributed by atoms with Gasteiger partial charge in [-0.05, 0) is 54.3 Å². The Hall–Kier alpha value is -2.51. The van der Waals surface area contributed by atoms with Gasteiger partial charge in [0.15, 0.2) is 5.13 Å². The molecule has 1 aromatic heterocycles. The molecule has 2 N–H and O–H groups in total. The molecule has 3 aromatic rings. The fraction of sp³-hybridized carbons (Fsp3) is 0.227. The Morgan fingerprint density at radius 2 is 1.55 bits per heavy atom. The molecular weight excluding hydrogens is 450 g/mol. The number of aromatic nitrogens is 1. The summed E-state index contributed by atoms with van der Waals surface area (Å²) in [5, 5.41) is 6.03. The maximum Gasteiger partial charge on any atom is 0.267 e. The molecule has 0 saturated carbocycles. The lowest BCUT2D eigenvalue weighted by Gasteiger charge is -2.18. The van der Waals surface area contributed by atoms with Gasteiger partial charge in [-0.3, -0.25) is 14.9 Å². The van der Waals surface area contributed by atoms with Crippen molar-refractivity contribution in [3.8, 4) is 0 Å². The first kappa shape index (κ1) is 21.2. The van der Waals surface area contributed by atoms with Crippen LogP contribution in [-0.2, 0) is 5.41 Å². The van der Waals surface area contributed by atoms with E-state index in [0.29, 0.717) is 27.0 Å². The Balaban J connectivity index is 1.70. The van der Waals surface area contributed by atoms with Gasteiger partial charge in [0.25, 0.3) is 11.8 Å². The summed E-state index contributed by atoms with van der Waals surface area (Å²) in [6.45, 7) is 8.13. The fourth-order valence-corrected chi connectivity index (χ4v) is 3.79. The lowest BCUT2D eigenvalue weighted by atomic mass is 9.87. The van der Waals surface area contributed by atoms with E-state index in [0.717, 1.165) is 21.4 Å². The molecule has 0 unspecified atom stereocenters. The quantitative estimate of drug-likeness (QED) is 0.488. The highest BCUT2D eigenvalue weighted by molar-refractivity contribution is 9.10. The van der Waals surface area contributed by atoms with Gasteiger partial charge in [0, 0.05) is 15.7 Å². The monoisotopic (exact) mass is 471 g/mol. The minimum absolute atomic E-state index is 0.0263. The Kier molecular flexibility index (Phi) is 6.19. The number of carbonyl (C=O) groups excluding carboxylic acids is 2. The van der Waals surface area contributed by atoms with Crippen LogP contribution in [0.25, 0.3) is 0 Å². The maximum atomic E-state index is 12.6. The van der Waals surface area contributed by atoms with E-state index < -0.39 is 0 Å². The summed E-state index contributed by atoms with van der Waals surface area (Å²) in [6.07, 6.45) is 0. The van der Waals surface area contributed by atoms with Crippen LogP contribution in [0.1, 0.15) is 52.1 Å². The number of carbonyl (C=O) groups is 2. The van der Waals surface area contributed by atoms with Gasteiger partial charge in [0.2, 0.25) is 0 Å². The number of rotatable bonds is 4. The van der Waals surface area contributed by atoms with Crippen molar-refractivity contribution >= 4 is 49.9 Å². The number of hydrogen-bond donors (Lipinski definition) is 2. The highest BCUT2D eigenvalue weighted by Gasteiger charge is 2.18. The SMILES string of the molecule is Cc1nc(NC(=O)c2ccc(C(C)(C)C)cc2)sc1C(=O)Nc1ccc(Br)cc1. The normalized spacial score (nSPS) is 11.2. The predicted molar refractivity (Wildman–Crippen MR) is 122 cm³/mol. The molecular formula is C22H22BrN3O2S. The van der Waals surface area contributed by atoms with Crippen LogP contribution in [-0.4, -0.2) is 16.8 Å². The van der Waals surface area contributed by atoms with Crippen molar-refractivity contribution in [1.29, 1.82) is 0 Å². The molecule has 0 atom stereocenters. The van der Waals surface area contributed by atoms with Crippen LogP contribution in [0, 0.1) is 6.92 Å². The second-order valence-electron chi connectivity index (χ2n) is 7.68. The third kappa shape index (κ3) is 5.31. The van der Waals surface area contributed by atoms with Crippen LogP contribution in [0.15, 0.2) is 53.0 Å². The Labute approximate surface area is 182 Å². The summed E-state index contributed by atoms with van der Waals surface area (Å²) in [6, 6.07) is 14.8. The van der Waals surface area contributed by atoms with E-state index >= 15 is 0 Å². The zero-order valence-electron chi connectivity index (χ0n) is 16.7. The number of aryl methyl sites for hydroxylation is 1. The van der Waals surface area contributed by atoms with Crippen molar-refractivity contribution in [3.05, 3.63) is 74.7 Å². The average Bonchev–Trinajstić information content (AvgIpc) is 3.03. The molecule has 3 rings (SSSR count). The number of nitrogens with one attached hydrogen (secondary N) is 2. The molecule has 0 bridgehead atoms. The molecule has 0 saturated heterocycles. The molecule has 0 radical (unpaired) electrons. The van der Waals surface area contributed by atoms with Gasteiger partial charge < -0.3 is 5.32 Å². The van der Waals surface area contributed by atoms with Crippen LogP contribution in [0.2, 0.25) is 0 Å². The topological polar surface area (TPSA) is 71.1 Å². The van der Waals surface area contributed by atoms with Crippen LogP contribution in [0.4, 0.5) is 10.8 Å². The van der Waals surface area contributed by atoms with Gasteiger partial charge >= 0.3 is 0 Å². The van der Waals surface area contributed by atoms with Crippen LogP contribution >= 0.6 is 27.3 Å². The van der Waals surface area contributed by atoms with Crippen LogP contribution in [0.3, 0.4) is 0 Å². The summed E-state index contributed by atoms with van der Waals surface area (Å²) < 4.78 is 0.935. The van der Waals surface area contributed by atoms with E-state index in [1.54, 1.807) is 19.1 Å². The van der Waals surface area contributed by atoms with E-state index in [1.807, 2.05) is 36.4 Å². The molecule has 1 heterocycles. The Morgan fingerprint density at radius 3 is 2.14 bits per heavy atom. The lowest BCUT2D eigenvalue weighted by Crippen LogP contribution is -2.14. The second-order valence-corrected chi connectivity index (χ2v) is 9.59. The van der Waals surface area contributed by atoms with Crippen molar-refractivity contribution in [2.24, 2.45) is 0 Å². The van der Waals surface area contributed by atoms with Crippen LogP contribution in [0.5, 0.6) is 0 Å². The number of nitrogens with zero attached hydrogens (tertiary/aromatic N) is 1. The van der Waals surface area contributed by atoms with Gasteiger partial charge in [-0.15, -0.1) is 0 Å². The van der Waals surface area contributed by atoms with Gasteiger partial charge in [0.1, 0.15) is 4.88 Å². The van der Waals surface area contributed by atoms with Gasteiger partial charge in [-0.2, -0.15) is 0 Å². The smallest absolute Gasteiger partial charge is 0.267 e. The Morgan fingerprint density at radius 1 is 0.931 bits per heavy atom. The van der Waals surface area contributed by atoms with Crippen molar-refractivity contribution < 1.29 is 9.59 Å². The van der Waals surface area contributed by atoms with E-state index in [-0.39, 0.29) is 17.2 Å². The Bertz CT molecular complexity index is 1040. The molecule has 0 aliphatic carbocycles. The summed E-state index contributed by atoms with van der Waals surface area (Å²) in [7, 11) is 0. The largest absolute Gasteiger partial charge is 0.321 e. The summed E-state index contributed by atoms with van der Waals surface area (Å²) in [4.78, 5) is 29.9. The molecule has 0 fully saturated rings. The van der Waals surface area contributed by atoms with E-state index in [2.05, 4.69) is 52.3 Å². The third-order valence-corrected chi connectivity index (χ3v) is 5.94. The van der Waals surface area contributed by atoms with E-state index in [4.69, 9.17) is 0 Å². The number of thiazole rings is 1. The van der Waals surface area contributed by atoms with Crippen molar-refractivity contribution in [1.82, 2.24) is 4.98 Å². The fourth-order valence-electron chi connectivity index (χ4n) is 2.67. The van der Waals surface area contributed by atoms with Gasteiger partial charge in [-0.25, -0.2) is 4.98 Å². The molecule has 5 nitrogen and oxygen atoms in total. The molecule has 0 aliphatic heterocycles. The van der Waals surface area contributed by atoms with Crippen molar-refractivity contribution in [2.45, 2.75) is 33.1 Å². The van der Waals surface area contributed by atoms with Crippen molar-refractivity contribution in [3.63, 3.8) is 0 Å². The third-order valence-electron chi connectivity index (χ3n) is 4.34. The number of halogens is 1. The number of benzene rings is 2. The number of hydrogen-bond acceptors (Lipinski definition) is 4. The molecule has 2 amide bonds. The number of anilines is 2. The molecule has 0 aliphatic rings. The van der Waals surface area contributed by atoms with E-state index in [9.17, 15) is 9.59 Å². The summed E-state index contributed by atoms with van der Waals surface area (Å²) in [5.41, 5.74) is 3.00. The highest BCUT2D eigenvalue weighted by atomic mass is 79.9. The predicted octanol–water partition coefficient (Wildman–Crippen LogP) is 6.02. The molecule has 150 valence electrons. The first-order chi connectivity index (χ1) is 13.6. The first-order valence-corrected chi connectivity index (χ1v) is 10.7. The minimum Gasteiger partial charge on any atom is -0.321 e. The summed E-state index contributed by atoms with van der Waals surface area (Å²) in [5.74, 6) is -0.503. The van der Waals surface area contributed by atoms with E-state index in [1.165, 1.54) is 0 Å². The minimum atomic E-state index is -0.252. The molecule has 7 heteroatoms. The molecule has 29 heavy (non-hydrogen) atoms. The number of amides is 2. The summed E-state index contributed by atoms with van der Waals surface area (Å²) >= 11 is 4.52. The highest BCUT2D eigenvalue weighted by Crippen LogP contribution is 2.26. The maximum absolute atomic E-state index is 12.6. The lowest BCUT2D eigenvalue weighted by molar-refractivity contribution is 0.102. The molecule has 2 aromatic carbocycles. The van der Waals surface area contributed by atoms with Crippen LogP contribution < -0.4 is 10.6 Å². The zero-order chi connectivity index (χ0) is 21.2. The first-order valence-electron chi connectivity index (χ1n) is 9.10.